The van der Waals surface area contributed by atoms with E-state index in [-0.39, 0.29) is 5.56 Å². The zero-order valence-corrected chi connectivity index (χ0v) is 11.4. The van der Waals surface area contributed by atoms with Crippen molar-refractivity contribution < 1.29 is 14.7 Å². The van der Waals surface area contributed by atoms with Crippen molar-refractivity contribution in [3.63, 3.8) is 0 Å². The van der Waals surface area contributed by atoms with E-state index in [4.69, 9.17) is 16.7 Å². The molecular weight excluding hydrogens is 274 g/mol. The zero-order valence-electron chi connectivity index (χ0n) is 9.85. The third-order valence-corrected chi connectivity index (χ3v) is 3.31. The first kappa shape index (κ1) is 14.9. The van der Waals surface area contributed by atoms with Crippen LogP contribution >= 0.6 is 23.4 Å². The third-order valence-electron chi connectivity index (χ3n) is 2.33. The highest BCUT2D eigenvalue weighted by Gasteiger charge is 2.21. The first-order valence-electron chi connectivity index (χ1n) is 5.33. The highest BCUT2D eigenvalue weighted by Crippen LogP contribution is 2.15. The van der Waals surface area contributed by atoms with Crippen LogP contribution in [0.5, 0.6) is 0 Å². The summed E-state index contributed by atoms with van der Waals surface area (Å²) in [5.41, 5.74) is 0.287. The summed E-state index contributed by atoms with van der Waals surface area (Å²) in [5, 5.41) is 11.8. The monoisotopic (exact) mass is 287 g/mol. The van der Waals surface area contributed by atoms with E-state index in [0.717, 1.165) is 0 Å². The third kappa shape index (κ3) is 4.23. The van der Waals surface area contributed by atoms with Crippen LogP contribution in [0.15, 0.2) is 24.3 Å². The highest BCUT2D eigenvalue weighted by molar-refractivity contribution is 7.98. The van der Waals surface area contributed by atoms with Gasteiger partial charge < -0.3 is 10.4 Å². The highest BCUT2D eigenvalue weighted by atomic mass is 35.5. The van der Waals surface area contributed by atoms with E-state index in [9.17, 15) is 9.59 Å². The Hall–Kier alpha value is -1.20. The van der Waals surface area contributed by atoms with E-state index in [0.29, 0.717) is 17.2 Å². The van der Waals surface area contributed by atoms with Gasteiger partial charge >= 0.3 is 5.97 Å². The van der Waals surface area contributed by atoms with Crippen LogP contribution in [-0.2, 0) is 4.79 Å². The molecule has 1 aromatic rings. The van der Waals surface area contributed by atoms with Crippen LogP contribution < -0.4 is 5.32 Å². The molecule has 0 aliphatic rings. The number of carboxylic acid groups (broad SMARTS) is 1. The number of carboxylic acids is 1. The van der Waals surface area contributed by atoms with Gasteiger partial charge in [0.25, 0.3) is 5.91 Å². The van der Waals surface area contributed by atoms with Gasteiger partial charge in [0.2, 0.25) is 0 Å². The van der Waals surface area contributed by atoms with E-state index in [1.165, 1.54) is 11.8 Å². The molecule has 6 heteroatoms. The molecule has 4 nitrogen and oxygen atoms in total. The molecule has 0 fully saturated rings. The summed E-state index contributed by atoms with van der Waals surface area (Å²) >= 11 is 7.41. The van der Waals surface area contributed by atoms with Crippen LogP contribution in [0.4, 0.5) is 0 Å². The molecule has 0 unspecified atom stereocenters. The molecule has 0 aromatic heterocycles. The molecule has 0 heterocycles. The van der Waals surface area contributed by atoms with Gasteiger partial charge in [-0.05, 0) is 30.6 Å². The number of benzene rings is 1. The summed E-state index contributed by atoms with van der Waals surface area (Å²) in [4.78, 5) is 22.9. The van der Waals surface area contributed by atoms with Crippen molar-refractivity contribution in [1.29, 1.82) is 0 Å². The van der Waals surface area contributed by atoms with E-state index in [2.05, 4.69) is 5.32 Å². The molecule has 0 radical (unpaired) electrons. The Labute approximate surface area is 115 Å². The van der Waals surface area contributed by atoms with Gasteiger partial charge in [-0.25, -0.2) is 4.79 Å². The second-order valence-corrected chi connectivity index (χ2v) is 5.02. The molecule has 0 bridgehead atoms. The zero-order chi connectivity index (χ0) is 13.5. The smallest absolute Gasteiger partial charge is 0.326 e. The Kier molecular flexibility index (Phi) is 6.01. The van der Waals surface area contributed by atoms with Crippen molar-refractivity contribution in [2.24, 2.45) is 0 Å². The van der Waals surface area contributed by atoms with Crippen molar-refractivity contribution in [2.75, 3.05) is 12.0 Å². The van der Waals surface area contributed by atoms with Gasteiger partial charge in [0.15, 0.2) is 0 Å². The van der Waals surface area contributed by atoms with Crippen LogP contribution in [-0.4, -0.2) is 35.0 Å². The molecule has 0 saturated carbocycles. The molecule has 0 aliphatic heterocycles. The predicted octanol–water partition coefficient (Wildman–Crippen LogP) is 2.28. The molecule has 1 aromatic carbocycles. The van der Waals surface area contributed by atoms with E-state index in [1.54, 1.807) is 24.3 Å². The number of hydrogen-bond donors (Lipinski definition) is 2. The lowest BCUT2D eigenvalue weighted by Crippen LogP contribution is -2.41. The van der Waals surface area contributed by atoms with Gasteiger partial charge in [0.1, 0.15) is 6.04 Å². The van der Waals surface area contributed by atoms with Crippen molar-refractivity contribution in [2.45, 2.75) is 12.5 Å². The summed E-state index contributed by atoms with van der Waals surface area (Å²) in [7, 11) is 0. The molecular formula is C12H14ClNO3S. The van der Waals surface area contributed by atoms with Gasteiger partial charge in [-0.3, -0.25) is 4.79 Å². The number of thioether (sulfide) groups is 1. The molecule has 98 valence electrons. The van der Waals surface area contributed by atoms with Crippen molar-refractivity contribution in [3.05, 3.63) is 34.9 Å². The molecule has 1 amide bonds. The normalized spacial score (nSPS) is 11.9. The number of halogens is 1. The summed E-state index contributed by atoms with van der Waals surface area (Å²) in [5.74, 6) is -0.835. The minimum absolute atomic E-state index is 0.287. The molecule has 0 spiro atoms. The largest absolute Gasteiger partial charge is 0.480 e. The minimum atomic E-state index is -1.04. The summed E-state index contributed by atoms with van der Waals surface area (Å²) in [6.45, 7) is 0. The second-order valence-electron chi connectivity index (χ2n) is 3.63. The number of aliphatic carboxylic acids is 1. The Morgan fingerprint density at radius 2 is 2.11 bits per heavy atom. The molecule has 2 N–H and O–H groups in total. The van der Waals surface area contributed by atoms with E-state index >= 15 is 0 Å². The number of carbonyl (C=O) groups excluding carboxylic acids is 1. The fourth-order valence-electron chi connectivity index (χ4n) is 1.37. The van der Waals surface area contributed by atoms with Gasteiger partial charge in [0.05, 0.1) is 10.6 Å². The number of carbonyl (C=O) groups is 2. The van der Waals surface area contributed by atoms with Gasteiger partial charge in [-0.2, -0.15) is 11.8 Å². The van der Waals surface area contributed by atoms with E-state index in [1.807, 2.05) is 6.26 Å². The average molecular weight is 288 g/mol. The topological polar surface area (TPSA) is 66.4 Å². The predicted molar refractivity (Wildman–Crippen MR) is 73.3 cm³/mol. The Bertz CT molecular complexity index is 439. The number of amides is 1. The van der Waals surface area contributed by atoms with Crippen LogP contribution in [0.25, 0.3) is 0 Å². The molecule has 0 aliphatic carbocycles. The summed E-state index contributed by atoms with van der Waals surface area (Å²) in [6, 6.07) is 5.65. The summed E-state index contributed by atoms with van der Waals surface area (Å²) < 4.78 is 0. The first-order chi connectivity index (χ1) is 8.56. The Morgan fingerprint density at radius 3 is 2.67 bits per heavy atom. The summed E-state index contributed by atoms with van der Waals surface area (Å²) in [6.07, 6.45) is 2.27. The first-order valence-corrected chi connectivity index (χ1v) is 7.10. The molecule has 1 atom stereocenters. The maximum atomic E-state index is 11.9. The standard InChI is InChI=1S/C12H14ClNO3S/c1-18-7-6-10(12(16)17)14-11(15)8-4-2-3-5-9(8)13/h2-5,10H,6-7H2,1H3,(H,14,15)(H,16,17)/t10-/m0/s1. The van der Waals surface area contributed by atoms with Gasteiger partial charge in [0, 0.05) is 0 Å². The Morgan fingerprint density at radius 1 is 1.44 bits per heavy atom. The molecule has 18 heavy (non-hydrogen) atoms. The lowest BCUT2D eigenvalue weighted by molar-refractivity contribution is -0.139. The van der Waals surface area contributed by atoms with Crippen molar-refractivity contribution in [1.82, 2.24) is 5.32 Å². The van der Waals surface area contributed by atoms with Gasteiger partial charge in [-0.1, -0.05) is 23.7 Å². The lowest BCUT2D eigenvalue weighted by Gasteiger charge is -2.14. The van der Waals surface area contributed by atoms with Crippen LogP contribution in [0.1, 0.15) is 16.8 Å². The minimum Gasteiger partial charge on any atom is -0.480 e. The molecule has 0 saturated heterocycles. The SMILES string of the molecule is CSCC[C@H](NC(=O)c1ccccc1Cl)C(=O)O. The van der Waals surface area contributed by atoms with E-state index < -0.39 is 17.9 Å². The van der Waals surface area contributed by atoms with Crippen molar-refractivity contribution in [3.8, 4) is 0 Å². The van der Waals surface area contributed by atoms with Gasteiger partial charge in [-0.15, -0.1) is 0 Å². The maximum absolute atomic E-state index is 11.9. The van der Waals surface area contributed by atoms with Crippen LogP contribution in [0, 0.1) is 0 Å². The Balaban J connectivity index is 2.72. The average Bonchev–Trinajstić information content (AvgIpc) is 2.34. The second kappa shape index (κ2) is 7.28. The lowest BCUT2D eigenvalue weighted by atomic mass is 10.1. The maximum Gasteiger partial charge on any atom is 0.326 e. The number of rotatable bonds is 6. The quantitative estimate of drug-likeness (QED) is 0.842. The number of hydrogen-bond acceptors (Lipinski definition) is 3. The van der Waals surface area contributed by atoms with Crippen LogP contribution in [0.2, 0.25) is 5.02 Å². The van der Waals surface area contributed by atoms with Crippen LogP contribution in [0.3, 0.4) is 0 Å². The number of nitrogens with one attached hydrogen (secondary N) is 1. The fraction of sp³-hybridized carbons (Fsp3) is 0.333. The van der Waals surface area contributed by atoms with Crippen molar-refractivity contribution >= 4 is 35.2 Å². The molecule has 1 rings (SSSR count). The fourth-order valence-corrected chi connectivity index (χ4v) is 2.07.